The topological polar surface area (TPSA) is 12.5 Å². The molecular weight excluding hydrogens is 164 g/mol. The lowest BCUT2D eigenvalue weighted by Crippen LogP contribution is -2.25. The summed E-state index contributed by atoms with van der Waals surface area (Å²) in [4.78, 5) is 2.16. The van der Waals surface area contributed by atoms with Gasteiger partial charge in [0.05, 0.1) is 6.10 Å². The van der Waals surface area contributed by atoms with E-state index in [1.54, 1.807) is 0 Å². The number of alkyl halides is 2. The molecule has 0 radical (unpaired) electrons. The van der Waals surface area contributed by atoms with E-state index in [9.17, 15) is 8.78 Å². The number of likely N-dealkylation sites (tertiary alicyclic amines) is 1. The zero-order valence-corrected chi connectivity index (χ0v) is 7.30. The summed E-state index contributed by atoms with van der Waals surface area (Å²) in [6.45, 7) is 2.02. The van der Waals surface area contributed by atoms with Crippen molar-refractivity contribution in [1.29, 1.82) is 0 Å². The Morgan fingerprint density at radius 3 is 2.92 bits per heavy atom. The van der Waals surface area contributed by atoms with Crippen LogP contribution < -0.4 is 0 Å². The number of ether oxygens (including phenoxy) is 1. The summed E-state index contributed by atoms with van der Waals surface area (Å²) < 4.78 is 27.9. The van der Waals surface area contributed by atoms with Crippen LogP contribution in [0.2, 0.25) is 0 Å². The average Bonchev–Trinajstić information content (AvgIpc) is 2.36. The molecule has 0 aliphatic carbocycles. The van der Waals surface area contributed by atoms with E-state index in [0.717, 1.165) is 25.9 Å². The molecule has 0 aromatic rings. The van der Waals surface area contributed by atoms with Crippen molar-refractivity contribution in [2.75, 3.05) is 19.6 Å². The Balaban J connectivity index is 2.16. The van der Waals surface area contributed by atoms with Gasteiger partial charge in [-0.15, -0.1) is 0 Å². The van der Waals surface area contributed by atoms with E-state index in [2.05, 4.69) is 16.6 Å². The second-order valence-electron chi connectivity index (χ2n) is 3.11. The predicted octanol–water partition coefficient (Wildman–Crippen LogP) is 1.71. The molecule has 1 heterocycles. The van der Waals surface area contributed by atoms with Crippen molar-refractivity contribution in [1.82, 2.24) is 4.90 Å². The molecular formula is C8H15F2NO. The first-order chi connectivity index (χ1) is 5.72. The Hall–Kier alpha value is -0.220. The highest BCUT2D eigenvalue weighted by Gasteiger charge is 2.24. The molecule has 1 aliphatic rings. The zero-order valence-electron chi connectivity index (χ0n) is 7.30. The Morgan fingerprint density at radius 2 is 2.33 bits per heavy atom. The second kappa shape index (κ2) is 4.72. The van der Waals surface area contributed by atoms with Crippen LogP contribution >= 0.6 is 0 Å². The lowest BCUT2D eigenvalue weighted by Gasteiger charge is -2.14. The highest BCUT2D eigenvalue weighted by molar-refractivity contribution is 4.75. The average molecular weight is 179 g/mol. The Kier molecular flexibility index (Phi) is 3.88. The SMILES string of the molecule is CCCN1CCC(OC(F)F)C1. The van der Waals surface area contributed by atoms with Gasteiger partial charge in [-0.25, -0.2) is 0 Å². The van der Waals surface area contributed by atoms with Crippen molar-refractivity contribution in [2.24, 2.45) is 0 Å². The highest BCUT2D eigenvalue weighted by atomic mass is 19.3. The van der Waals surface area contributed by atoms with Gasteiger partial charge < -0.3 is 9.64 Å². The molecule has 0 bridgehead atoms. The van der Waals surface area contributed by atoms with E-state index in [1.165, 1.54) is 0 Å². The molecule has 0 aromatic heterocycles. The fraction of sp³-hybridized carbons (Fsp3) is 1.00. The number of nitrogens with zero attached hydrogens (tertiary/aromatic N) is 1. The molecule has 72 valence electrons. The van der Waals surface area contributed by atoms with Crippen molar-refractivity contribution in [2.45, 2.75) is 32.5 Å². The fourth-order valence-electron chi connectivity index (χ4n) is 1.57. The maximum atomic E-state index is 11.8. The summed E-state index contributed by atoms with van der Waals surface area (Å²) in [5, 5.41) is 0. The molecule has 0 aromatic carbocycles. The van der Waals surface area contributed by atoms with E-state index in [0.29, 0.717) is 6.54 Å². The first kappa shape index (κ1) is 9.86. The van der Waals surface area contributed by atoms with Crippen LogP contribution in [0, 0.1) is 0 Å². The van der Waals surface area contributed by atoms with Crippen molar-refractivity contribution in [3.63, 3.8) is 0 Å². The molecule has 0 N–H and O–H groups in total. The molecule has 0 saturated carbocycles. The van der Waals surface area contributed by atoms with Gasteiger partial charge >= 0.3 is 6.61 Å². The molecule has 2 nitrogen and oxygen atoms in total. The Morgan fingerprint density at radius 1 is 1.58 bits per heavy atom. The minimum atomic E-state index is -2.61. The van der Waals surface area contributed by atoms with Crippen molar-refractivity contribution < 1.29 is 13.5 Å². The predicted molar refractivity (Wildman–Crippen MR) is 42.2 cm³/mol. The van der Waals surface area contributed by atoms with Gasteiger partial charge in [-0.05, 0) is 19.4 Å². The van der Waals surface area contributed by atoms with Crippen LogP contribution in [-0.2, 0) is 4.74 Å². The number of hydrogen-bond acceptors (Lipinski definition) is 2. The molecule has 4 heteroatoms. The summed E-state index contributed by atoms with van der Waals surface area (Å²) >= 11 is 0. The van der Waals surface area contributed by atoms with E-state index in [4.69, 9.17) is 0 Å². The lowest BCUT2D eigenvalue weighted by atomic mass is 10.3. The van der Waals surface area contributed by atoms with E-state index in [1.807, 2.05) is 0 Å². The minimum Gasteiger partial charge on any atom is -0.318 e. The van der Waals surface area contributed by atoms with Gasteiger partial charge in [-0.3, -0.25) is 0 Å². The Bertz CT molecular complexity index is 132. The molecule has 12 heavy (non-hydrogen) atoms. The number of hydrogen-bond donors (Lipinski definition) is 0. The van der Waals surface area contributed by atoms with Gasteiger partial charge in [0.15, 0.2) is 0 Å². The quantitative estimate of drug-likeness (QED) is 0.651. The monoisotopic (exact) mass is 179 g/mol. The summed E-state index contributed by atoms with van der Waals surface area (Å²) in [5.74, 6) is 0. The molecule has 1 fully saturated rings. The van der Waals surface area contributed by atoms with Crippen LogP contribution in [0.3, 0.4) is 0 Å². The smallest absolute Gasteiger partial charge is 0.318 e. The molecule has 1 atom stereocenters. The molecule has 0 amide bonds. The fourth-order valence-corrected chi connectivity index (χ4v) is 1.57. The zero-order chi connectivity index (χ0) is 8.97. The van der Waals surface area contributed by atoms with Crippen LogP contribution in [0.1, 0.15) is 19.8 Å². The highest BCUT2D eigenvalue weighted by Crippen LogP contribution is 2.15. The third-order valence-electron chi connectivity index (χ3n) is 2.06. The number of rotatable bonds is 4. The van der Waals surface area contributed by atoms with Gasteiger partial charge in [-0.2, -0.15) is 8.78 Å². The molecule has 1 aliphatic heterocycles. The largest absolute Gasteiger partial charge is 0.345 e. The van der Waals surface area contributed by atoms with Gasteiger partial charge in [0.25, 0.3) is 0 Å². The van der Waals surface area contributed by atoms with Crippen LogP contribution in [0.4, 0.5) is 8.78 Å². The third-order valence-corrected chi connectivity index (χ3v) is 2.06. The maximum absolute atomic E-state index is 11.8. The van der Waals surface area contributed by atoms with Crippen LogP contribution in [0.25, 0.3) is 0 Å². The van der Waals surface area contributed by atoms with Crippen molar-refractivity contribution in [3.05, 3.63) is 0 Å². The van der Waals surface area contributed by atoms with Crippen LogP contribution in [0.5, 0.6) is 0 Å². The summed E-state index contributed by atoms with van der Waals surface area (Å²) in [6.07, 6.45) is 1.56. The molecule has 0 spiro atoms. The lowest BCUT2D eigenvalue weighted by molar-refractivity contribution is -0.158. The van der Waals surface area contributed by atoms with E-state index >= 15 is 0 Å². The van der Waals surface area contributed by atoms with E-state index in [-0.39, 0.29) is 6.10 Å². The van der Waals surface area contributed by atoms with Crippen LogP contribution in [0.15, 0.2) is 0 Å². The van der Waals surface area contributed by atoms with Gasteiger partial charge in [0.2, 0.25) is 0 Å². The molecule has 1 saturated heterocycles. The van der Waals surface area contributed by atoms with Crippen molar-refractivity contribution in [3.8, 4) is 0 Å². The van der Waals surface area contributed by atoms with E-state index < -0.39 is 6.61 Å². The summed E-state index contributed by atoms with van der Waals surface area (Å²) in [7, 11) is 0. The number of halogens is 2. The van der Waals surface area contributed by atoms with Crippen molar-refractivity contribution >= 4 is 0 Å². The van der Waals surface area contributed by atoms with Gasteiger partial charge in [0, 0.05) is 13.1 Å². The summed E-state index contributed by atoms with van der Waals surface area (Å²) in [5.41, 5.74) is 0. The minimum absolute atomic E-state index is 0.253. The normalized spacial score (nSPS) is 25.5. The molecule has 1 unspecified atom stereocenters. The third kappa shape index (κ3) is 3.03. The Labute approximate surface area is 71.5 Å². The first-order valence-corrected chi connectivity index (χ1v) is 4.38. The summed E-state index contributed by atoms with van der Waals surface area (Å²) in [6, 6.07) is 0. The van der Waals surface area contributed by atoms with Gasteiger partial charge in [-0.1, -0.05) is 6.92 Å². The first-order valence-electron chi connectivity index (χ1n) is 4.38. The van der Waals surface area contributed by atoms with Crippen LogP contribution in [-0.4, -0.2) is 37.2 Å². The van der Waals surface area contributed by atoms with Gasteiger partial charge in [0.1, 0.15) is 0 Å². The standard InChI is InChI=1S/C8H15F2NO/c1-2-4-11-5-3-7(6-11)12-8(9)10/h7-8H,2-6H2,1H3. The maximum Gasteiger partial charge on any atom is 0.345 e. The second-order valence-corrected chi connectivity index (χ2v) is 3.11. The molecule has 1 rings (SSSR count).